The van der Waals surface area contributed by atoms with Gasteiger partial charge in [0.1, 0.15) is 18.2 Å². The lowest BCUT2D eigenvalue weighted by atomic mass is 9.93. The summed E-state index contributed by atoms with van der Waals surface area (Å²) >= 11 is 0. The quantitative estimate of drug-likeness (QED) is 0.0621. The molecule has 0 spiro atoms. The summed E-state index contributed by atoms with van der Waals surface area (Å²) < 4.78 is 33.2. The van der Waals surface area contributed by atoms with E-state index in [0.717, 1.165) is 139 Å². The molecular weight excluding hydrogens is 1020 g/mol. The van der Waals surface area contributed by atoms with E-state index in [9.17, 15) is 29.5 Å². The van der Waals surface area contributed by atoms with Crippen LogP contribution in [0.2, 0.25) is 0 Å². The van der Waals surface area contributed by atoms with Gasteiger partial charge < -0.3 is 44.1 Å². The van der Waals surface area contributed by atoms with Crippen molar-refractivity contribution >= 4 is 72.6 Å². The second-order valence-electron chi connectivity index (χ2n) is 20.7. The highest BCUT2D eigenvalue weighted by atomic mass is 31.2. The molecule has 76 heavy (non-hydrogen) atoms. The molecule has 3 fully saturated rings. The summed E-state index contributed by atoms with van der Waals surface area (Å²) in [6.07, 6.45) is 11.7. The normalized spacial score (nSPS) is 16.1. The van der Waals surface area contributed by atoms with Crippen molar-refractivity contribution in [2.45, 2.75) is 85.5 Å². The van der Waals surface area contributed by atoms with E-state index in [4.69, 9.17) is 29.4 Å². The molecule has 3 aromatic carbocycles. The van der Waals surface area contributed by atoms with E-state index in [1.165, 1.54) is 11.1 Å². The molecule has 0 radical (unpaired) electrons. The van der Waals surface area contributed by atoms with Crippen molar-refractivity contribution in [3.8, 4) is 18.2 Å². The summed E-state index contributed by atoms with van der Waals surface area (Å²) in [4.78, 5) is 74.2. The van der Waals surface area contributed by atoms with Gasteiger partial charge in [-0.3, -0.25) is 28.6 Å². The summed E-state index contributed by atoms with van der Waals surface area (Å²) in [5.74, 6) is 0.968. The van der Waals surface area contributed by atoms with Gasteiger partial charge in [-0.05, 0) is 150 Å². The van der Waals surface area contributed by atoms with Crippen molar-refractivity contribution < 1.29 is 43.1 Å². The number of pyridine rings is 3. The molecule has 0 bridgehead atoms. The molecule has 3 aromatic heterocycles. The summed E-state index contributed by atoms with van der Waals surface area (Å²) in [6, 6.07) is 23.1. The van der Waals surface area contributed by atoms with Crippen molar-refractivity contribution in [1.82, 2.24) is 15.0 Å². The van der Waals surface area contributed by atoms with E-state index in [1.807, 2.05) is 44.2 Å². The monoisotopic (exact) mass is 1090 g/mol. The Hall–Kier alpha value is -5.79. The maximum absolute atomic E-state index is 11.1. The van der Waals surface area contributed by atoms with E-state index >= 15 is 0 Å². The average Bonchev–Trinajstić information content (AvgIpc) is 3.40. The van der Waals surface area contributed by atoms with Crippen LogP contribution in [0.3, 0.4) is 0 Å². The SMILES string of the molecule is Cc1cc2ncc(C#N)c(N3CCC(CCP(=O)(O)O)CC3)c2cc1C.Cc1ccc2c(N3CCC(CCP(=O)(O)O)CC3)c(C#N)cnc2c1.Cc1ccc2ncc(C#N)c(N3CCC(CCP(=O)(O)O)CC3)c2c1. The molecular formula is C55H68N9O9P3. The van der Waals surface area contributed by atoms with Gasteiger partial charge in [0.05, 0.1) is 68.8 Å². The van der Waals surface area contributed by atoms with Crippen LogP contribution < -0.4 is 14.7 Å². The molecule has 6 heterocycles. The smallest absolute Gasteiger partial charge is 0.325 e. The van der Waals surface area contributed by atoms with Gasteiger partial charge in [-0.2, -0.15) is 15.8 Å². The number of fused-ring (bicyclic) bond motifs is 3. The van der Waals surface area contributed by atoms with Crippen LogP contribution in [-0.2, 0) is 13.7 Å². The van der Waals surface area contributed by atoms with Gasteiger partial charge in [0, 0.05) is 74.0 Å². The second kappa shape index (κ2) is 25.1. The highest BCUT2D eigenvalue weighted by Gasteiger charge is 2.29. The van der Waals surface area contributed by atoms with Crippen molar-refractivity contribution in [2.75, 3.05) is 72.5 Å². The molecule has 0 aliphatic carbocycles. The molecule has 21 heteroatoms. The number of hydrogen-bond acceptors (Lipinski definition) is 12. The highest BCUT2D eigenvalue weighted by Crippen LogP contribution is 2.42. The van der Waals surface area contributed by atoms with Crippen LogP contribution in [0.15, 0.2) is 67.1 Å². The van der Waals surface area contributed by atoms with Crippen LogP contribution in [-0.4, -0.2) is 102 Å². The number of benzene rings is 3. The predicted octanol–water partition coefficient (Wildman–Crippen LogP) is 9.91. The Balaban J connectivity index is 0.000000166. The highest BCUT2D eigenvalue weighted by molar-refractivity contribution is 7.52. The molecule has 0 unspecified atom stereocenters. The minimum absolute atomic E-state index is 0.0431. The zero-order chi connectivity index (χ0) is 55.0. The molecule has 3 saturated heterocycles. The topological polar surface area (TPSA) is 292 Å². The molecule has 9 rings (SSSR count). The van der Waals surface area contributed by atoms with E-state index in [0.29, 0.717) is 53.7 Å². The lowest BCUT2D eigenvalue weighted by Crippen LogP contribution is -2.34. The summed E-state index contributed by atoms with van der Waals surface area (Å²) in [7, 11) is -11.8. The van der Waals surface area contributed by atoms with Gasteiger partial charge in [0.25, 0.3) is 0 Å². The Labute approximate surface area is 444 Å². The third-order valence-electron chi connectivity index (χ3n) is 15.1. The zero-order valence-corrected chi connectivity index (χ0v) is 46.3. The van der Waals surface area contributed by atoms with Crippen molar-refractivity contribution in [3.63, 3.8) is 0 Å². The van der Waals surface area contributed by atoms with E-state index in [1.54, 1.807) is 18.6 Å². The van der Waals surface area contributed by atoms with Crippen LogP contribution in [0.25, 0.3) is 32.7 Å². The minimum Gasteiger partial charge on any atom is -0.370 e. The van der Waals surface area contributed by atoms with Crippen LogP contribution in [0.4, 0.5) is 17.1 Å². The molecule has 3 aliphatic heterocycles. The fourth-order valence-electron chi connectivity index (χ4n) is 10.7. The number of aryl methyl sites for hydroxylation is 4. The van der Waals surface area contributed by atoms with Crippen LogP contribution >= 0.6 is 22.8 Å². The first-order valence-corrected chi connectivity index (χ1v) is 31.2. The Bertz CT molecular complexity index is 3340. The van der Waals surface area contributed by atoms with Crippen LogP contribution in [0.5, 0.6) is 0 Å². The number of aromatic nitrogens is 3. The Morgan fingerprint density at radius 1 is 0.461 bits per heavy atom. The predicted molar refractivity (Wildman–Crippen MR) is 298 cm³/mol. The van der Waals surface area contributed by atoms with E-state index in [2.05, 4.69) is 79.9 Å². The van der Waals surface area contributed by atoms with E-state index < -0.39 is 22.8 Å². The standard InChI is InChI=1S/C19H24N3O3P.2C18H22N3O3P/c1-13-9-17-18(10-14(13)2)21-12-16(11-20)19(17)22-6-3-15(4-7-22)5-8-26(23,24)25;1-13-2-3-17-16(10-13)18(15(11-19)12-20-17)21-7-4-14(5-8-21)6-9-25(22,23)24;1-13-2-3-16-17(10-13)20-12-15(11-19)18(16)21-7-4-14(5-8-21)6-9-25(22,23)24/h9-10,12,15H,3-8H2,1-2H3,(H2,23,24,25);2*2-3,10,12,14H,4-9H2,1H3,(H2,22,23,24). The number of piperidine rings is 3. The maximum Gasteiger partial charge on any atom is 0.325 e. The molecule has 6 N–H and O–H groups in total. The summed E-state index contributed by atoms with van der Waals surface area (Å²) in [5.41, 5.74) is 11.8. The Morgan fingerprint density at radius 2 is 0.789 bits per heavy atom. The third-order valence-corrected chi connectivity index (χ3v) is 17.6. The zero-order valence-electron chi connectivity index (χ0n) is 43.6. The average molecular weight is 1090 g/mol. The minimum atomic E-state index is -3.93. The van der Waals surface area contributed by atoms with Gasteiger partial charge in [0.2, 0.25) is 0 Å². The molecule has 0 atom stereocenters. The molecule has 3 aliphatic rings. The fourth-order valence-corrected chi connectivity index (χ4v) is 12.8. The number of nitrogens with zero attached hydrogens (tertiary/aromatic N) is 9. The van der Waals surface area contributed by atoms with Gasteiger partial charge in [-0.25, -0.2) is 0 Å². The number of rotatable bonds is 12. The first kappa shape index (κ1) is 57.9. The van der Waals surface area contributed by atoms with E-state index in [-0.39, 0.29) is 18.5 Å². The largest absolute Gasteiger partial charge is 0.370 e. The number of anilines is 3. The van der Waals surface area contributed by atoms with Crippen molar-refractivity contribution in [3.05, 3.63) is 106 Å². The van der Waals surface area contributed by atoms with Crippen LogP contribution in [0.1, 0.15) is 96.7 Å². The Morgan fingerprint density at radius 3 is 1.18 bits per heavy atom. The van der Waals surface area contributed by atoms with Crippen molar-refractivity contribution in [1.29, 1.82) is 15.8 Å². The van der Waals surface area contributed by atoms with Gasteiger partial charge in [-0.1, -0.05) is 23.8 Å². The first-order valence-electron chi connectivity index (χ1n) is 25.8. The fraction of sp³-hybridized carbons (Fsp3) is 0.455. The number of nitriles is 3. The van der Waals surface area contributed by atoms with Gasteiger partial charge in [-0.15, -0.1) is 0 Å². The van der Waals surface area contributed by atoms with Crippen LogP contribution in [0, 0.1) is 79.4 Å². The molecule has 0 amide bonds. The van der Waals surface area contributed by atoms with Crippen molar-refractivity contribution in [2.24, 2.45) is 17.8 Å². The molecule has 402 valence electrons. The molecule has 18 nitrogen and oxygen atoms in total. The van der Waals surface area contributed by atoms with Gasteiger partial charge >= 0.3 is 22.8 Å². The second-order valence-corrected chi connectivity index (χ2v) is 26.0. The lowest BCUT2D eigenvalue weighted by molar-refractivity contribution is 0.349. The van der Waals surface area contributed by atoms with Gasteiger partial charge in [0.15, 0.2) is 0 Å². The maximum atomic E-state index is 11.1. The molecule has 0 saturated carbocycles. The lowest BCUT2D eigenvalue weighted by Gasteiger charge is -2.34. The first-order chi connectivity index (χ1) is 36.0. The summed E-state index contributed by atoms with van der Waals surface area (Å²) in [5, 5.41) is 31.5. The Kier molecular flexibility index (Phi) is 19.1. The number of hydrogen-bond donors (Lipinski definition) is 6. The molecule has 6 aromatic rings. The third kappa shape index (κ3) is 15.5. The summed E-state index contributed by atoms with van der Waals surface area (Å²) in [6.45, 7) is 12.9.